The van der Waals surface area contributed by atoms with Crippen LogP contribution in [-0.4, -0.2) is 24.5 Å². The summed E-state index contributed by atoms with van der Waals surface area (Å²) in [6.07, 6.45) is 8.06. The summed E-state index contributed by atoms with van der Waals surface area (Å²) >= 11 is 0. The average molecular weight is 196 g/mol. The molecule has 3 heteroatoms. The molecule has 1 unspecified atom stereocenters. The number of rotatable bonds is 3. The number of carbonyl (C=O) groups excluding carboxylic acids is 1. The lowest BCUT2D eigenvalue weighted by molar-refractivity contribution is -0.121. The Morgan fingerprint density at radius 1 is 1.21 bits per heavy atom. The number of hydrogen-bond donors (Lipinski definition) is 2. The van der Waals surface area contributed by atoms with E-state index in [2.05, 4.69) is 10.6 Å². The Labute approximate surface area is 85.6 Å². The van der Waals surface area contributed by atoms with Crippen LogP contribution in [-0.2, 0) is 4.79 Å². The van der Waals surface area contributed by atoms with E-state index < -0.39 is 0 Å². The Morgan fingerprint density at radius 3 is 2.86 bits per heavy atom. The van der Waals surface area contributed by atoms with Crippen LogP contribution in [0.4, 0.5) is 0 Å². The third kappa shape index (κ3) is 3.29. The van der Waals surface area contributed by atoms with Crippen molar-refractivity contribution in [1.29, 1.82) is 0 Å². The standard InChI is InChI=1S/C11H20N2O/c14-11(13-9-5-6-9)8-10-4-2-1-3-7-12-10/h9-10,12H,1-8H2,(H,13,14). The lowest BCUT2D eigenvalue weighted by Crippen LogP contribution is -2.35. The van der Waals surface area contributed by atoms with Crippen molar-refractivity contribution in [2.24, 2.45) is 0 Å². The summed E-state index contributed by atoms with van der Waals surface area (Å²) in [5.74, 6) is 0.243. The minimum atomic E-state index is 0.243. The topological polar surface area (TPSA) is 41.1 Å². The van der Waals surface area contributed by atoms with Gasteiger partial charge in [0.25, 0.3) is 0 Å². The third-order valence-electron chi connectivity index (χ3n) is 3.04. The molecule has 2 N–H and O–H groups in total. The lowest BCUT2D eigenvalue weighted by atomic mass is 10.1. The first-order chi connectivity index (χ1) is 6.84. The highest BCUT2D eigenvalue weighted by Gasteiger charge is 2.24. The smallest absolute Gasteiger partial charge is 0.221 e. The maximum absolute atomic E-state index is 11.5. The van der Waals surface area contributed by atoms with E-state index in [9.17, 15) is 4.79 Å². The van der Waals surface area contributed by atoms with Gasteiger partial charge in [-0.2, -0.15) is 0 Å². The van der Waals surface area contributed by atoms with Gasteiger partial charge in [0.05, 0.1) is 0 Å². The van der Waals surface area contributed by atoms with E-state index in [1.54, 1.807) is 0 Å². The van der Waals surface area contributed by atoms with Crippen molar-refractivity contribution in [3.05, 3.63) is 0 Å². The monoisotopic (exact) mass is 196 g/mol. The molecule has 1 aliphatic carbocycles. The van der Waals surface area contributed by atoms with E-state index in [1.165, 1.54) is 32.1 Å². The molecule has 0 aromatic rings. The summed E-state index contributed by atoms with van der Waals surface area (Å²) in [5, 5.41) is 6.49. The molecule has 1 aliphatic heterocycles. The van der Waals surface area contributed by atoms with Crippen molar-refractivity contribution in [3.8, 4) is 0 Å². The van der Waals surface area contributed by atoms with E-state index in [4.69, 9.17) is 0 Å². The first-order valence-corrected chi connectivity index (χ1v) is 5.87. The Bertz CT molecular complexity index is 193. The fraction of sp³-hybridized carbons (Fsp3) is 0.909. The molecular formula is C11H20N2O. The van der Waals surface area contributed by atoms with Crippen molar-refractivity contribution >= 4 is 5.91 Å². The van der Waals surface area contributed by atoms with Crippen molar-refractivity contribution in [3.63, 3.8) is 0 Å². The maximum atomic E-state index is 11.5. The Kier molecular flexibility index (Phi) is 3.40. The molecule has 0 aromatic heterocycles. The molecular weight excluding hydrogens is 176 g/mol. The highest BCUT2D eigenvalue weighted by molar-refractivity contribution is 5.77. The molecule has 1 amide bonds. The number of hydrogen-bond acceptors (Lipinski definition) is 2. The zero-order chi connectivity index (χ0) is 9.80. The van der Waals surface area contributed by atoms with Gasteiger partial charge in [0.2, 0.25) is 5.91 Å². The van der Waals surface area contributed by atoms with Crippen LogP contribution >= 0.6 is 0 Å². The fourth-order valence-corrected chi connectivity index (χ4v) is 2.01. The Balaban J connectivity index is 1.68. The second kappa shape index (κ2) is 4.78. The molecule has 0 spiro atoms. The van der Waals surface area contributed by atoms with E-state index >= 15 is 0 Å². The number of nitrogens with one attached hydrogen (secondary N) is 2. The molecule has 0 aromatic carbocycles. The van der Waals surface area contributed by atoms with Gasteiger partial charge in [-0.3, -0.25) is 4.79 Å². The highest BCUT2D eigenvalue weighted by atomic mass is 16.1. The summed E-state index contributed by atoms with van der Waals surface area (Å²) in [5.41, 5.74) is 0. The molecule has 14 heavy (non-hydrogen) atoms. The predicted molar refractivity (Wildman–Crippen MR) is 56.0 cm³/mol. The van der Waals surface area contributed by atoms with Crippen LogP contribution in [0, 0.1) is 0 Å². The first kappa shape index (κ1) is 9.97. The van der Waals surface area contributed by atoms with Crippen LogP contribution in [0.25, 0.3) is 0 Å². The molecule has 2 rings (SSSR count). The predicted octanol–water partition coefficient (Wildman–Crippen LogP) is 1.19. The SMILES string of the molecule is O=C(CC1CCCCCN1)NC1CC1. The summed E-state index contributed by atoms with van der Waals surface area (Å²) in [4.78, 5) is 11.5. The quantitative estimate of drug-likeness (QED) is 0.712. The number of amides is 1. The van der Waals surface area contributed by atoms with E-state index in [1.807, 2.05) is 0 Å². The van der Waals surface area contributed by atoms with Crippen LogP contribution in [0.3, 0.4) is 0 Å². The Morgan fingerprint density at radius 2 is 2.07 bits per heavy atom. The van der Waals surface area contributed by atoms with Gasteiger partial charge < -0.3 is 10.6 Å². The molecule has 2 fully saturated rings. The summed E-state index contributed by atoms with van der Waals surface area (Å²) < 4.78 is 0. The zero-order valence-electron chi connectivity index (χ0n) is 8.72. The summed E-state index contributed by atoms with van der Waals surface area (Å²) in [7, 11) is 0. The zero-order valence-corrected chi connectivity index (χ0v) is 8.72. The van der Waals surface area contributed by atoms with Crippen LogP contribution in [0.15, 0.2) is 0 Å². The Hall–Kier alpha value is -0.570. The van der Waals surface area contributed by atoms with Crippen LogP contribution in [0.5, 0.6) is 0 Å². The molecule has 0 bridgehead atoms. The fourth-order valence-electron chi connectivity index (χ4n) is 2.01. The van der Waals surface area contributed by atoms with Crippen molar-refractivity contribution < 1.29 is 4.79 Å². The lowest BCUT2D eigenvalue weighted by Gasteiger charge is -2.14. The van der Waals surface area contributed by atoms with Crippen molar-refractivity contribution in [2.45, 2.75) is 57.0 Å². The van der Waals surface area contributed by atoms with Gasteiger partial charge in [0.15, 0.2) is 0 Å². The second-order valence-corrected chi connectivity index (χ2v) is 4.55. The van der Waals surface area contributed by atoms with E-state index in [0.29, 0.717) is 18.5 Å². The largest absolute Gasteiger partial charge is 0.353 e. The minimum absolute atomic E-state index is 0.243. The van der Waals surface area contributed by atoms with Crippen molar-refractivity contribution in [1.82, 2.24) is 10.6 Å². The van der Waals surface area contributed by atoms with Gasteiger partial charge in [-0.15, -0.1) is 0 Å². The van der Waals surface area contributed by atoms with Crippen LogP contribution < -0.4 is 10.6 Å². The molecule has 1 atom stereocenters. The molecule has 1 heterocycles. The van der Waals surface area contributed by atoms with Gasteiger partial charge in [0.1, 0.15) is 0 Å². The van der Waals surface area contributed by atoms with Gasteiger partial charge in [-0.1, -0.05) is 12.8 Å². The average Bonchev–Trinajstić information content (AvgIpc) is 2.93. The van der Waals surface area contributed by atoms with Crippen molar-refractivity contribution in [2.75, 3.05) is 6.54 Å². The van der Waals surface area contributed by atoms with E-state index in [-0.39, 0.29) is 5.91 Å². The second-order valence-electron chi connectivity index (χ2n) is 4.55. The van der Waals surface area contributed by atoms with Gasteiger partial charge >= 0.3 is 0 Å². The van der Waals surface area contributed by atoms with Gasteiger partial charge in [-0.25, -0.2) is 0 Å². The summed E-state index contributed by atoms with van der Waals surface area (Å²) in [6, 6.07) is 0.935. The normalized spacial score (nSPS) is 28.1. The van der Waals surface area contributed by atoms with Gasteiger partial charge in [-0.05, 0) is 32.2 Å². The number of carbonyl (C=O) groups is 1. The molecule has 1 saturated heterocycles. The van der Waals surface area contributed by atoms with Crippen LogP contribution in [0.2, 0.25) is 0 Å². The first-order valence-electron chi connectivity index (χ1n) is 5.87. The summed E-state index contributed by atoms with van der Waals surface area (Å²) in [6.45, 7) is 1.08. The molecule has 2 aliphatic rings. The minimum Gasteiger partial charge on any atom is -0.353 e. The molecule has 80 valence electrons. The highest BCUT2D eigenvalue weighted by Crippen LogP contribution is 2.19. The van der Waals surface area contributed by atoms with Gasteiger partial charge in [0, 0.05) is 18.5 Å². The maximum Gasteiger partial charge on any atom is 0.221 e. The van der Waals surface area contributed by atoms with E-state index in [0.717, 1.165) is 13.0 Å². The molecule has 0 radical (unpaired) electrons. The molecule has 1 saturated carbocycles. The molecule has 3 nitrogen and oxygen atoms in total. The van der Waals surface area contributed by atoms with Crippen LogP contribution in [0.1, 0.15) is 44.9 Å². The third-order valence-corrected chi connectivity index (χ3v) is 3.04.